The highest BCUT2D eigenvalue weighted by Gasteiger charge is 2.08. The van der Waals surface area contributed by atoms with Crippen LogP contribution in [0, 0.1) is 6.92 Å². The summed E-state index contributed by atoms with van der Waals surface area (Å²) in [6.45, 7) is 4.20. The zero-order valence-corrected chi connectivity index (χ0v) is 17.3. The van der Waals surface area contributed by atoms with Gasteiger partial charge in [-0.25, -0.2) is 0 Å². The third-order valence-corrected chi connectivity index (χ3v) is 4.97. The summed E-state index contributed by atoms with van der Waals surface area (Å²) < 4.78 is 1.70. The van der Waals surface area contributed by atoms with Crippen LogP contribution in [0.15, 0.2) is 82.7 Å². The van der Waals surface area contributed by atoms with E-state index >= 15 is 0 Å². The summed E-state index contributed by atoms with van der Waals surface area (Å²) in [6.07, 6.45) is 1.81. The maximum Gasteiger partial charge on any atom is 0.250 e. The molecule has 2 aromatic carbocycles. The van der Waals surface area contributed by atoms with Gasteiger partial charge in [0.05, 0.1) is 6.54 Å². The Bertz CT molecular complexity index is 1020. The molecule has 5 nitrogen and oxygen atoms in total. The maximum atomic E-state index is 11.9. The number of aliphatic imine (C=N–C) groups is 1. The molecular weight excluding hydrogens is 360 g/mol. The molecule has 0 unspecified atom stereocenters. The topological polar surface area (TPSA) is 49.6 Å². The van der Waals surface area contributed by atoms with E-state index in [4.69, 9.17) is 0 Å². The predicted octanol–water partition coefficient (Wildman–Crippen LogP) is 3.41. The van der Waals surface area contributed by atoms with Gasteiger partial charge in [-0.05, 0) is 35.2 Å². The normalized spacial score (nSPS) is 11.3. The third kappa shape index (κ3) is 5.57. The number of aryl methyl sites for hydroxylation is 1. The van der Waals surface area contributed by atoms with Gasteiger partial charge in [-0.15, -0.1) is 0 Å². The molecule has 0 bridgehead atoms. The van der Waals surface area contributed by atoms with Crippen LogP contribution in [0.1, 0.15) is 22.3 Å². The van der Waals surface area contributed by atoms with Crippen molar-refractivity contribution >= 4 is 5.96 Å². The van der Waals surface area contributed by atoms with E-state index in [0.29, 0.717) is 13.1 Å². The number of benzene rings is 2. The number of rotatable bonds is 6. The number of hydrogen-bond donors (Lipinski definition) is 1. The molecule has 1 heterocycles. The molecule has 0 radical (unpaired) electrons. The summed E-state index contributed by atoms with van der Waals surface area (Å²) >= 11 is 0. The largest absolute Gasteiger partial charge is 0.352 e. The van der Waals surface area contributed by atoms with Crippen molar-refractivity contribution in [1.29, 1.82) is 0 Å². The van der Waals surface area contributed by atoms with Gasteiger partial charge in [0.25, 0.3) is 5.56 Å². The monoisotopic (exact) mass is 388 g/mol. The lowest BCUT2D eigenvalue weighted by atomic mass is 10.1. The van der Waals surface area contributed by atoms with Gasteiger partial charge in [-0.2, -0.15) is 0 Å². The Hall–Kier alpha value is -3.34. The zero-order chi connectivity index (χ0) is 20.6. The van der Waals surface area contributed by atoms with Gasteiger partial charge in [0.2, 0.25) is 0 Å². The molecule has 0 aliphatic carbocycles. The first-order valence-corrected chi connectivity index (χ1v) is 9.76. The average Bonchev–Trinajstić information content (AvgIpc) is 2.73. The number of nitrogens with one attached hydrogen (secondary N) is 1. The molecule has 0 aliphatic heterocycles. The summed E-state index contributed by atoms with van der Waals surface area (Å²) in [6, 6.07) is 21.9. The van der Waals surface area contributed by atoms with Gasteiger partial charge >= 0.3 is 0 Å². The van der Waals surface area contributed by atoms with E-state index in [-0.39, 0.29) is 5.56 Å². The fourth-order valence-corrected chi connectivity index (χ4v) is 3.23. The minimum atomic E-state index is 0.0127. The molecule has 1 N–H and O–H groups in total. The molecule has 0 atom stereocenters. The smallest absolute Gasteiger partial charge is 0.250 e. The van der Waals surface area contributed by atoms with E-state index in [9.17, 15) is 4.79 Å². The van der Waals surface area contributed by atoms with Crippen molar-refractivity contribution in [2.24, 2.45) is 4.99 Å². The number of hydrogen-bond acceptors (Lipinski definition) is 2. The minimum Gasteiger partial charge on any atom is -0.352 e. The molecule has 0 fully saturated rings. The van der Waals surface area contributed by atoms with Crippen LogP contribution in [-0.4, -0.2) is 29.5 Å². The molecule has 0 aliphatic rings. The molecule has 29 heavy (non-hydrogen) atoms. The Morgan fingerprint density at radius 2 is 1.69 bits per heavy atom. The first-order chi connectivity index (χ1) is 14.1. The van der Waals surface area contributed by atoms with E-state index in [2.05, 4.69) is 70.7 Å². The van der Waals surface area contributed by atoms with E-state index in [0.717, 1.165) is 18.1 Å². The highest BCUT2D eigenvalue weighted by molar-refractivity contribution is 5.79. The lowest BCUT2D eigenvalue weighted by Gasteiger charge is -2.23. The second kappa shape index (κ2) is 9.73. The van der Waals surface area contributed by atoms with E-state index in [1.165, 1.54) is 16.7 Å². The summed E-state index contributed by atoms with van der Waals surface area (Å²) in [7, 11) is 3.85. The highest BCUT2D eigenvalue weighted by atomic mass is 16.1. The van der Waals surface area contributed by atoms with Crippen molar-refractivity contribution in [1.82, 2.24) is 14.8 Å². The van der Waals surface area contributed by atoms with Crippen LogP contribution in [0.25, 0.3) is 0 Å². The van der Waals surface area contributed by atoms with Gasteiger partial charge in [0.1, 0.15) is 0 Å². The van der Waals surface area contributed by atoms with Crippen LogP contribution in [0.2, 0.25) is 0 Å². The molecular formula is C24H28N4O. The van der Waals surface area contributed by atoms with E-state index in [1.807, 2.05) is 19.3 Å². The standard InChI is InChI=1S/C24H28N4O/c1-19-8-4-5-9-22(19)18-27(3)24(25-2)26-16-20-11-13-21(14-12-20)17-28-15-7-6-10-23(28)29/h4-15H,16-18H2,1-3H3,(H,25,26). The fraction of sp³-hybridized carbons (Fsp3) is 0.250. The van der Waals surface area contributed by atoms with Crippen LogP contribution < -0.4 is 10.9 Å². The first-order valence-electron chi connectivity index (χ1n) is 9.76. The lowest BCUT2D eigenvalue weighted by Crippen LogP contribution is -2.38. The Balaban J connectivity index is 1.57. The predicted molar refractivity (Wildman–Crippen MR) is 119 cm³/mol. The molecule has 0 saturated heterocycles. The zero-order valence-electron chi connectivity index (χ0n) is 17.3. The van der Waals surface area contributed by atoms with Gasteiger partial charge in [-0.1, -0.05) is 54.6 Å². The van der Waals surface area contributed by atoms with Crippen LogP contribution in [0.3, 0.4) is 0 Å². The number of pyridine rings is 1. The Labute approximate surface area is 172 Å². The van der Waals surface area contributed by atoms with Crippen molar-refractivity contribution in [3.63, 3.8) is 0 Å². The second-order valence-corrected chi connectivity index (χ2v) is 7.17. The summed E-state index contributed by atoms with van der Waals surface area (Å²) in [5, 5.41) is 3.42. The molecule has 150 valence electrons. The number of nitrogens with zero attached hydrogens (tertiary/aromatic N) is 3. The quantitative estimate of drug-likeness (QED) is 0.520. The molecule has 3 rings (SSSR count). The second-order valence-electron chi connectivity index (χ2n) is 7.17. The van der Waals surface area contributed by atoms with Crippen LogP contribution in [0.5, 0.6) is 0 Å². The van der Waals surface area contributed by atoms with Crippen molar-refractivity contribution in [2.75, 3.05) is 14.1 Å². The molecule has 1 aromatic heterocycles. The molecule has 0 amide bonds. The van der Waals surface area contributed by atoms with Crippen molar-refractivity contribution < 1.29 is 0 Å². The number of guanidine groups is 1. The van der Waals surface area contributed by atoms with E-state index < -0.39 is 0 Å². The van der Waals surface area contributed by atoms with Crippen molar-refractivity contribution in [3.8, 4) is 0 Å². The SMILES string of the molecule is CN=C(NCc1ccc(Cn2ccccc2=O)cc1)N(C)Cc1ccccc1C. The van der Waals surface area contributed by atoms with Gasteiger partial charge in [-0.3, -0.25) is 9.79 Å². The Morgan fingerprint density at radius 1 is 1.00 bits per heavy atom. The summed E-state index contributed by atoms with van der Waals surface area (Å²) in [5.41, 5.74) is 4.85. The van der Waals surface area contributed by atoms with Gasteiger partial charge in [0.15, 0.2) is 5.96 Å². The van der Waals surface area contributed by atoms with E-state index in [1.54, 1.807) is 23.7 Å². The summed E-state index contributed by atoms with van der Waals surface area (Å²) in [5.74, 6) is 0.855. The molecule has 0 spiro atoms. The maximum absolute atomic E-state index is 11.9. The Kier molecular flexibility index (Phi) is 6.85. The van der Waals surface area contributed by atoms with Crippen LogP contribution in [-0.2, 0) is 19.6 Å². The van der Waals surface area contributed by atoms with Gasteiger partial charge < -0.3 is 14.8 Å². The minimum absolute atomic E-state index is 0.0127. The van der Waals surface area contributed by atoms with Gasteiger partial charge in [0, 0.05) is 39.4 Å². The average molecular weight is 389 g/mol. The Morgan fingerprint density at radius 3 is 2.38 bits per heavy atom. The van der Waals surface area contributed by atoms with Crippen LogP contribution in [0.4, 0.5) is 0 Å². The van der Waals surface area contributed by atoms with Crippen LogP contribution >= 0.6 is 0 Å². The number of aromatic nitrogens is 1. The van der Waals surface area contributed by atoms with Crippen molar-refractivity contribution in [3.05, 3.63) is 106 Å². The molecule has 0 saturated carbocycles. The lowest BCUT2D eigenvalue weighted by molar-refractivity contribution is 0.475. The third-order valence-electron chi connectivity index (χ3n) is 4.97. The fourth-order valence-electron chi connectivity index (χ4n) is 3.23. The highest BCUT2D eigenvalue weighted by Crippen LogP contribution is 2.10. The van der Waals surface area contributed by atoms with Crippen molar-refractivity contribution in [2.45, 2.75) is 26.6 Å². The molecule has 3 aromatic rings. The summed E-state index contributed by atoms with van der Waals surface area (Å²) in [4.78, 5) is 18.4. The first kappa shape index (κ1) is 20.4. The molecule has 5 heteroatoms.